The fraction of sp³-hybridized carbons (Fsp3) is 0.933. The van der Waals surface area contributed by atoms with E-state index in [-0.39, 0.29) is 41.6 Å². The molecular formula is C15H34IN3O2. The molecule has 0 spiro atoms. The summed E-state index contributed by atoms with van der Waals surface area (Å²) in [5, 5.41) is 16.1. The van der Waals surface area contributed by atoms with Gasteiger partial charge in [-0.15, -0.1) is 24.0 Å². The Balaban J connectivity index is 0. The Hall–Kier alpha value is -0.0800. The minimum atomic E-state index is -0.236. The topological polar surface area (TPSA) is 65.9 Å². The average Bonchev–Trinajstić information content (AvgIpc) is 2.46. The van der Waals surface area contributed by atoms with Gasteiger partial charge in [0.05, 0.1) is 18.8 Å². The fourth-order valence-electron chi connectivity index (χ4n) is 1.70. The van der Waals surface area contributed by atoms with Gasteiger partial charge in [-0.2, -0.15) is 0 Å². The second-order valence-electron chi connectivity index (χ2n) is 5.88. The van der Waals surface area contributed by atoms with E-state index in [1.165, 1.54) is 0 Å². The lowest BCUT2D eigenvalue weighted by atomic mass is 9.83. The zero-order chi connectivity index (χ0) is 15.6. The van der Waals surface area contributed by atoms with E-state index in [1.54, 1.807) is 7.11 Å². The molecule has 0 aromatic rings. The average molecular weight is 415 g/mol. The number of guanidine groups is 1. The summed E-state index contributed by atoms with van der Waals surface area (Å²) >= 11 is 0. The molecule has 0 saturated heterocycles. The van der Waals surface area contributed by atoms with Crippen LogP contribution in [0.5, 0.6) is 0 Å². The van der Waals surface area contributed by atoms with Crippen molar-refractivity contribution in [1.29, 1.82) is 0 Å². The molecule has 0 aromatic heterocycles. The molecule has 0 aliphatic rings. The number of aliphatic imine (C=N–C) groups is 1. The normalized spacial score (nSPS) is 12.8. The van der Waals surface area contributed by atoms with E-state index in [4.69, 9.17) is 4.74 Å². The summed E-state index contributed by atoms with van der Waals surface area (Å²) in [7, 11) is 1.71. The highest BCUT2D eigenvalue weighted by Gasteiger charge is 2.25. The lowest BCUT2D eigenvalue weighted by Gasteiger charge is -2.28. The van der Waals surface area contributed by atoms with Crippen molar-refractivity contribution in [3.05, 3.63) is 0 Å². The molecule has 3 N–H and O–H groups in total. The number of aliphatic hydroxyl groups is 1. The lowest BCUT2D eigenvalue weighted by molar-refractivity contribution is 0.0268. The molecule has 0 saturated carbocycles. The molecule has 21 heavy (non-hydrogen) atoms. The van der Waals surface area contributed by atoms with Crippen LogP contribution in [0.1, 0.15) is 47.5 Å². The van der Waals surface area contributed by atoms with Crippen molar-refractivity contribution in [2.24, 2.45) is 10.4 Å². The highest BCUT2D eigenvalue weighted by molar-refractivity contribution is 14.0. The first-order valence-electron chi connectivity index (χ1n) is 7.56. The van der Waals surface area contributed by atoms with Crippen molar-refractivity contribution in [1.82, 2.24) is 10.6 Å². The van der Waals surface area contributed by atoms with E-state index in [0.717, 1.165) is 25.3 Å². The zero-order valence-corrected chi connectivity index (χ0v) is 16.8. The maximum Gasteiger partial charge on any atom is 0.191 e. The molecule has 5 nitrogen and oxygen atoms in total. The lowest BCUT2D eigenvalue weighted by Crippen LogP contribution is -2.45. The van der Waals surface area contributed by atoms with Crippen molar-refractivity contribution < 1.29 is 9.84 Å². The van der Waals surface area contributed by atoms with Crippen LogP contribution in [-0.4, -0.2) is 50.0 Å². The Morgan fingerprint density at radius 2 is 1.71 bits per heavy atom. The summed E-state index contributed by atoms with van der Waals surface area (Å²) in [4.78, 5) is 4.61. The van der Waals surface area contributed by atoms with Crippen LogP contribution in [0.15, 0.2) is 4.99 Å². The highest BCUT2D eigenvalue weighted by atomic mass is 127. The molecule has 0 bridgehead atoms. The maximum absolute atomic E-state index is 9.59. The zero-order valence-electron chi connectivity index (χ0n) is 14.5. The van der Waals surface area contributed by atoms with Crippen LogP contribution in [0.2, 0.25) is 0 Å². The number of nitrogens with one attached hydrogen (secondary N) is 2. The van der Waals surface area contributed by atoms with Crippen molar-refractivity contribution in [3.8, 4) is 0 Å². The first kappa shape index (κ1) is 23.2. The van der Waals surface area contributed by atoms with Crippen LogP contribution in [0.3, 0.4) is 0 Å². The molecule has 0 aliphatic carbocycles. The van der Waals surface area contributed by atoms with Crippen LogP contribution < -0.4 is 10.6 Å². The largest absolute Gasteiger partial charge is 0.396 e. The van der Waals surface area contributed by atoms with Crippen LogP contribution in [0, 0.1) is 5.41 Å². The monoisotopic (exact) mass is 415 g/mol. The van der Waals surface area contributed by atoms with Gasteiger partial charge in [-0.25, -0.2) is 0 Å². The third-order valence-corrected chi connectivity index (χ3v) is 3.99. The number of ether oxygens (including phenoxy) is 1. The van der Waals surface area contributed by atoms with Gasteiger partial charge >= 0.3 is 0 Å². The molecule has 128 valence electrons. The molecule has 0 heterocycles. The van der Waals surface area contributed by atoms with Crippen LogP contribution in [0.4, 0.5) is 0 Å². The number of methoxy groups -OCH3 is 1. The summed E-state index contributed by atoms with van der Waals surface area (Å²) < 4.78 is 5.39. The van der Waals surface area contributed by atoms with Crippen molar-refractivity contribution >= 4 is 29.9 Å². The Kier molecular flexibility index (Phi) is 12.7. The molecule has 0 radical (unpaired) electrons. The highest BCUT2D eigenvalue weighted by Crippen LogP contribution is 2.25. The van der Waals surface area contributed by atoms with Crippen LogP contribution in [0.25, 0.3) is 0 Å². The van der Waals surface area contributed by atoms with E-state index in [1.807, 2.05) is 20.8 Å². The molecule has 0 aliphatic heterocycles. The molecule has 0 atom stereocenters. The van der Waals surface area contributed by atoms with Crippen molar-refractivity contribution in [3.63, 3.8) is 0 Å². The van der Waals surface area contributed by atoms with Crippen molar-refractivity contribution in [2.75, 3.05) is 33.4 Å². The standard InChI is InChI=1S/C15H33N3O2.HI/c1-7-15(8-2,12-19)11-18-13(16-9-3)17-10-14(4,5)20-6;/h19H,7-12H2,1-6H3,(H2,16,17,18);1H. The third kappa shape index (κ3) is 8.83. The fourth-order valence-corrected chi connectivity index (χ4v) is 1.70. The number of nitrogens with zero attached hydrogens (tertiary/aromatic N) is 1. The Labute approximate surface area is 147 Å². The molecule has 6 heteroatoms. The number of hydrogen-bond donors (Lipinski definition) is 3. The smallest absolute Gasteiger partial charge is 0.191 e. The summed E-state index contributed by atoms with van der Waals surface area (Å²) in [6.45, 7) is 12.6. The second kappa shape index (κ2) is 11.5. The first-order valence-corrected chi connectivity index (χ1v) is 7.56. The predicted octanol–water partition coefficient (Wildman–Crippen LogP) is 2.38. The minimum absolute atomic E-state index is 0. The molecule has 0 rings (SSSR count). The minimum Gasteiger partial charge on any atom is -0.396 e. The number of halogens is 1. The Bertz CT molecular complexity index is 284. The van der Waals surface area contributed by atoms with Gasteiger partial charge in [0, 0.05) is 25.6 Å². The quantitative estimate of drug-likeness (QED) is 0.307. The molecule has 0 unspecified atom stereocenters. The summed E-state index contributed by atoms with van der Waals surface area (Å²) in [6.07, 6.45) is 1.85. The van der Waals surface area contributed by atoms with Gasteiger partial charge < -0.3 is 20.5 Å². The predicted molar refractivity (Wildman–Crippen MR) is 101 cm³/mol. The number of rotatable bonds is 9. The van der Waals surface area contributed by atoms with Crippen LogP contribution >= 0.6 is 24.0 Å². The number of hydrogen-bond acceptors (Lipinski definition) is 3. The van der Waals surface area contributed by atoms with Gasteiger partial charge in [0.25, 0.3) is 0 Å². The second-order valence-corrected chi connectivity index (χ2v) is 5.88. The van der Waals surface area contributed by atoms with E-state index in [0.29, 0.717) is 13.1 Å². The Morgan fingerprint density at radius 1 is 1.14 bits per heavy atom. The first-order chi connectivity index (χ1) is 9.38. The summed E-state index contributed by atoms with van der Waals surface area (Å²) in [5.41, 5.74) is -0.348. The van der Waals surface area contributed by atoms with E-state index < -0.39 is 0 Å². The third-order valence-electron chi connectivity index (χ3n) is 3.99. The van der Waals surface area contributed by atoms with Gasteiger partial charge in [0.15, 0.2) is 5.96 Å². The number of aliphatic hydroxyl groups excluding tert-OH is 1. The van der Waals surface area contributed by atoms with E-state index >= 15 is 0 Å². The van der Waals surface area contributed by atoms with E-state index in [9.17, 15) is 5.11 Å². The van der Waals surface area contributed by atoms with Crippen LogP contribution in [-0.2, 0) is 4.74 Å². The van der Waals surface area contributed by atoms with Gasteiger partial charge in [-0.05, 0) is 33.6 Å². The molecular weight excluding hydrogens is 381 g/mol. The molecule has 0 amide bonds. The summed E-state index contributed by atoms with van der Waals surface area (Å²) in [6, 6.07) is 0. The maximum atomic E-state index is 9.59. The Morgan fingerprint density at radius 3 is 2.10 bits per heavy atom. The summed E-state index contributed by atoms with van der Waals surface area (Å²) in [5.74, 6) is 0.775. The van der Waals surface area contributed by atoms with Gasteiger partial charge in [0.2, 0.25) is 0 Å². The van der Waals surface area contributed by atoms with E-state index in [2.05, 4.69) is 29.5 Å². The van der Waals surface area contributed by atoms with Crippen molar-refractivity contribution in [2.45, 2.75) is 53.1 Å². The molecule has 0 fully saturated rings. The van der Waals surface area contributed by atoms with Gasteiger partial charge in [-0.3, -0.25) is 4.99 Å². The molecule has 0 aromatic carbocycles. The van der Waals surface area contributed by atoms with Gasteiger partial charge in [-0.1, -0.05) is 13.8 Å². The van der Waals surface area contributed by atoms with Gasteiger partial charge in [0.1, 0.15) is 0 Å². The SMILES string of the molecule is CCNC(=NCC(CC)(CC)CO)NCC(C)(C)OC.I.